The molecule has 0 fully saturated rings. The number of hydrogen-bond acceptors (Lipinski definition) is 5. The van der Waals surface area contributed by atoms with Gasteiger partial charge in [-0.25, -0.2) is 4.79 Å². The second kappa shape index (κ2) is 7.01. The molecule has 2 heterocycles. The van der Waals surface area contributed by atoms with E-state index >= 15 is 0 Å². The lowest BCUT2D eigenvalue weighted by Gasteiger charge is -2.05. The summed E-state index contributed by atoms with van der Waals surface area (Å²) in [6.07, 6.45) is 1.37. The molecule has 0 bridgehead atoms. The van der Waals surface area contributed by atoms with E-state index in [1.807, 2.05) is 6.07 Å². The molecule has 1 N–H and O–H groups in total. The summed E-state index contributed by atoms with van der Waals surface area (Å²) in [4.78, 5) is 27.9. The summed E-state index contributed by atoms with van der Waals surface area (Å²) >= 11 is 0. The van der Waals surface area contributed by atoms with E-state index in [-0.39, 0.29) is 23.3 Å². The maximum atomic E-state index is 12.8. The molecule has 0 aliphatic carbocycles. The number of Topliss-reactive ketones (excluding diaryl/α,β-unsaturated/α-hetero) is 1. The number of nitriles is 1. The molecule has 2 aromatic heterocycles. The van der Waals surface area contributed by atoms with E-state index in [0.29, 0.717) is 22.9 Å². The van der Waals surface area contributed by atoms with E-state index < -0.39 is 11.8 Å². The molecule has 0 amide bonds. The van der Waals surface area contributed by atoms with Gasteiger partial charge >= 0.3 is 5.97 Å². The molecular formula is C18H18N2O4. The van der Waals surface area contributed by atoms with Crippen LogP contribution >= 0.6 is 0 Å². The first kappa shape index (κ1) is 17.3. The Bertz CT molecular complexity index is 862. The van der Waals surface area contributed by atoms with E-state index in [1.165, 1.54) is 6.08 Å². The first-order valence-corrected chi connectivity index (χ1v) is 7.48. The van der Waals surface area contributed by atoms with Crippen LogP contribution in [0.3, 0.4) is 0 Å². The van der Waals surface area contributed by atoms with Gasteiger partial charge in [0.05, 0.1) is 17.7 Å². The summed E-state index contributed by atoms with van der Waals surface area (Å²) in [7, 11) is 0. The van der Waals surface area contributed by atoms with Crippen molar-refractivity contribution < 1.29 is 18.7 Å². The summed E-state index contributed by atoms with van der Waals surface area (Å²) in [5.74, 6) is -0.0582. The van der Waals surface area contributed by atoms with E-state index in [2.05, 4.69) is 4.98 Å². The molecule has 2 aromatic rings. The molecule has 0 spiro atoms. The number of aryl methyl sites for hydroxylation is 3. The number of rotatable bonds is 5. The molecule has 0 aliphatic rings. The Balaban J connectivity index is 2.50. The number of carbonyl (C=O) groups is 2. The molecule has 2 rings (SSSR count). The van der Waals surface area contributed by atoms with Crippen LogP contribution in [0.5, 0.6) is 0 Å². The number of ketones is 1. The highest BCUT2D eigenvalue weighted by Gasteiger charge is 2.27. The number of aromatic nitrogens is 1. The predicted molar refractivity (Wildman–Crippen MR) is 87.6 cm³/mol. The molecular weight excluding hydrogens is 308 g/mol. The average molecular weight is 326 g/mol. The smallest absolute Gasteiger partial charge is 0.340 e. The fraction of sp³-hybridized carbons (Fsp3) is 0.278. The third kappa shape index (κ3) is 3.30. The van der Waals surface area contributed by atoms with Crippen molar-refractivity contribution in [2.24, 2.45) is 0 Å². The van der Waals surface area contributed by atoms with Crippen LogP contribution in [-0.2, 0) is 4.74 Å². The molecule has 0 radical (unpaired) electrons. The zero-order chi connectivity index (χ0) is 17.9. The number of aromatic amines is 1. The van der Waals surface area contributed by atoms with Crippen LogP contribution in [0.15, 0.2) is 22.1 Å². The second-order valence-electron chi connectivity index (χ2n) is 5.29. The van der Waals surface area contributed by atoms with Gasteiger partial charge in [-0.1, -0.05) is 0 Å². The number of nitrogens with one attached hydrogen (secondary N) is 1. The third-order valence-corrected chi connectivity index (χ3v) is 3.49. The van der Waals surface area contributed by atoms with Crippen molar-refractivity contribution in [3.05, 3.63) is 51.7 Å². The molecule has 0 aliphatic heterocycles. The Morgan fingerprint density at radius 3 is 2.46 bits per heavy atom. The number of ether oxygens (including phenoxy) is 1. The van der Waals surface area contributed by atoms with E-state index in [0.717, 1.165) is 0 Å². The van der Waals surface area contributed by atoms with Crippen molar-refractivity contribution >= 4 is 17.8 Å². The number of H-pyrrole nitrogens is 1. The molecule has 0 aromatic carbocycles. The molecule has 0 saturated heterocycles. The fourth-order valence-electron chi connectivity index (χ4n) is 2.48. The van der Waals surface area contributed by atoms with Crippen molar-refractivity contribution in [3.63, 3.8) is 0 Å². The molecule has 6 nitrogen and oxygen atoms in total. The Labute approximate surface area is 139 Å². The highest BCUT2D eigenvalue weighted by Crippen LogP contribution is 2.24. The van der Waals surface area contributed by atoms with Gasteiger partial charge < -0.3 is 14.1 Å². The van der Waals surface area contributed by atoms with Gasteiger partial charge in [-0.2, -0.15) is 5.26 Å². The number of carbonyl (C=O) groups excluding carboxylic acids is 2. The molecule has 0 atom stereocenters. The summed E-state index contributed by atoms with van der Waals surface area (Å²) in [6.45, 7) is 7.01. The van der Waals surface area contributed by atoms with Crippen molar-refractivity contribution in [1.29, 1.82) is 5.26 Å². The van der Waals surface area contributed by atoms with Crippen LogP contribution in [0, 0.1) is 32.1 Å². The zero-order valence-corrected chi connectivity index (χ0v) is 14.0. The number of esters is 1. The average Bonchev–Trinajstić information content (AvgIpc) is 3.06. The van der Waals surface area contributed by atoms with Crippen molar-refractivity contribution in [2.45, 2.75) is 27.7 Å². The highest BCUT2D eigenvalue weighted by atomic mass is 16.5. The highest BCUT2D eigenvalue weighted by molar-refractivity contribution is 6.19. The predicted octanol–water partition coefficient (Wildman–Crippen LogP) is 3.50. The van der Waals surface area contributed by atoms with Crippen LogP contribution in [0.1, 0.15) is 50.5 Å². The fourth-order valence-corrected chi connectivity index (χ4v) is 2.48. The number of furan rings is 1. The Morgan fingerprint density at radius 2 is 1.92 bits per heavy atom. The van der Waals surface area contributed by atoms with E-state index in [1.54, 1.807) is 39.8 Å². The van der Waals surface area contributed by atoms with Crippen LogP contribution in [-0.4, -0.2) is 23.3 Å². The molecule has 0 unspecified atom stereocenters. The van der Waals surface area contributed by atoms with Crippen LogP contribution in [0.25, 0.3) is 6.08 Å². The maximum Gasteiger partial charge on any atom is 0.340 e. The van der Waals surface area contributed by atoms with Gasteiger partial charge in [0.2, 0.25) is 5.78 Å². The minimum absolute atomic E-state index is 0.114. The summed E-state index contributed by atoms with van der Waals surface area (Å²) in [5.41, 5.74) is 1.24. The topological polar surface area (TPSA) is 96.1 Å². The molecule has 124 valence electrons. The van der Waals surface area contributed by atoms with Gasteiger partial charge in [0.1, 0.15) is 23.2 Å². The maximum absolute atomic E-state index is 12.8. The SMILES string of the molecule is CCOC(=O)c1c(C)[nH]c(C)c1C(=O)/C(C#N)=C/c1ccc(C)o1. The standard InChI is InChI=1S/C18H18N2O4/c1-5-23-18(22)16-12(4)20-11(3)15(16)17(21)13(9-19)8-14-7-6-10(2)24-14/h6-8,20H,5H2,1-4H3/b13-8+. The Hall–Kier alpha value is -3.07. The van der Waals surface area contributed by atoms with Crippen molar-refractivity contribution in [1.82, 2.24) is 4.98 Å². The monoisotopic (exact) mass is 326 g/mol. The Kier molecular flexibility index (Phi) is 5.05. The third-order valence-electron chi connectivity index (χ3n) is 3.49. The molecule has 0 saturated carbocycles. The zero-order valence-electron chi connectivity index (χ0n) is 14.0. The number of hydrogen-bond donors (Lipinski definition) is 1. The second-order valence-corrected chi connectivity index (χ2v) is 5.29. The van der Waals surface area contributed by atoms with Gasteiger partial charge in [0.15, 0.2) is 0 Å². The number of allylic oxidation sites excluding steroid dienone is 1. The van der Waals surface area contributed by atoms with Gasteiger partial charge in [0.25, 0.3) is 0 Å². The Morgan fingerprint density at radius 1 is 1.25 bits per heavy atom. The summed E-state index contributed by atoms with van der Waals surface area (Å²) < 4.78 is 10.4. The van der Waals surface area contributed by atoms with Crippen molar-refractivity contribution in [2.75, 3.05) is 6.61 Å². The molecule has 24 heavy (non-hydrogen) atoms. The van der Waals surface area contributed by atoms with Crippen molar-refractivity contribution in [3.8, 4) is 6.07 Å². The minimum Gasteiger partial charge on any atom is -0.462 e. The largest absolute Gasteiger partial charge is 0.462 e. The lowest BCUT2D eigenvalue weighted by molar-refractivity contribution is 0.0523. The van der Waals surface area contributed by atoms with Gasteiger partial charge in [0, 0.05) is 17.5 Å². The lowest BCUT2D eigenvalue weighted by atomic mass is 9.99. The molecule has 6 heteroatoms. The van der Waals surface area contributed by atoms with Gasteiger partial charge in [-0.05, 0) is 39.8 Å². The normalized spacial score (nSPS) is 11.2. The van der Waals surface area contributed by atoms with E-state index in [9.17, 15) is 14.9 Å². The minimum atomic E-state index is -0.589. The van der Waals surface area contributed by atoms with E-state index in [4.69, 9.17) is 9.15 Å². The van der Waals surface area contributed by atoms with Gasteiger partial charge in [-0.3, -0.25) is 4.79 Å². The van der Waals surface area contributed by atoms with Crippen LogP contribution < -0.4 is 0 Å². The summed E-state index contributed by atoms with van der Waals surface area (Å²) in [6, 6.07) is 5.28. The lowest BCUT2D eigenvalue weighted by Crippen LogP contribution is -2.13. The van der Waals surface area contributed by atoms with Crippen LogP contribution in [0.2, 0.25) is 0 Å². The first-order valence-electron chi connectivity index (χ1n) is 7.48. The number of nitrogens with zero attached hydrogens (tertiary/aromatic N) is 1. The quantitative estimate of drug-likeness (QED) is 0.392. The van der Waals surface area contributed by atoms with Crippen LogP contribution in [0.4, 0.5) is 0 Å². The van der Waals surface area contributed by atoms with Gasteiger partial charge in [-0.15, -0.1) is 0 Å². The first-order chi connectivity index (χ1) is 11.4. The summed E-state index contributed by atoms with van der Waals surface area (Å²) in [5, 5.41) is 9.35.